The monoisotopic (exact) mass is 264 g/mol. The fraction of sp³-hybridized carbons (Fsp3) is 0.308. The fourth-order valence-corrected chi connectivity index (χ4v) is 2.82. The molecule has 0 spiro atoms. The number of aryl methyl sites for hydroxylation is 2. The molecule has 0 N–H and O–H groups in total. The highest BCUT2D eigenvalue weighted by Gasteiger charge is 2.15. The molecule has 0 aliphatic carbocycles. The van der Waals surface area contributed by atoms with Crippen molar-refractivity contribution in [3.8, 4) is 0 Å². The molecule has 5 heteroatoms. The smallest absolute Gasteiger partial charge is 0.227 e. The molecule has 1 aromatic carbocycles. The summed E-state index contributed by atoms with van der Waals surface area (Å²) in [5.41, 5.74) is 3.45. The van der Waals surface area contributed by atoms with Crippen LogP contribution >= 0.6 is 0 Å². The van der Waals surface area contributed by atoms with E-state index < -0.39 is 9.84 Å². The Morgan fingerprint density at radius 1 is 1.22 bits per heavy atom. The van der Waals surface area contributed by atoms with E-state index >= 15 is 0 Å². The van der Waals surface area contributed by atoms with E-state index in [2.05, 4.69) is 4.98 Å². The summed E-state index contributed by atoms with van der Waals surface area (Å²) in [6.45, 7) is 4.58. The van der Waals surface area contributed by atoms with Crippen LogP contribution in [0.4, 0.5) is 0 Å². The third kappa shape index (κ3) is 2.46. The Morgan fingerprint density at radius 3 is 2.39 bits per heavy atom. The zero-order chi connectivity index (χ0) is 13.3. The quantitative estimate of drug-likeness (QED) is 0.851. The first-order chi connectivity index (χ1) is 8.39. The van der Waals surface area contributed by atoms with Gasteiger partial charge in [-0.05, 0) is 30.5 Å². The fourth-order valence-electron chi connectivity index (χ4n) is 2.01. The van der Waals surface area contributed by atoms with E-state index in [0.29, 0.717) is 6.54 Å². The van der Waals surface area contributed by atoms with Gasteiger partial charge in [-0.15, -0.1) is 0 Å². The summed E-state index contributed by atoms with van der Waals surface area (Å²) in [6, 6.07) is 6.05. The zero-order valence-corrected chi connectivity index (χ0v) is 11.5. The first-order valence-corrected chi connectivity index (χ1v) is 7.55. The molecule has 0 unspecified atom stereocenters. The van der Waals surface area contributed by atoms with Gasteiger partial charge in [0.2, 0.25) is 15.0 Å². The average molecular weight is 264 g/mol. The molecule has 0 saturated carbocycles. The van der Waals surface area contributed by atoms with Crippen LogP contribution in [0.25, 0.3) is 0 Å². The highest BCUT2D eigenvalue weighted by atomic mass is 32.2. The van der Waals surface area contributed by atoms with Gasteiger partial charge in [0.05, 0.1) is 6.54 Å². The molecule has 0 radical (unpaired) electrons. The van der Waals surface area contributed by atoms with Crippen LogP contribution in [0, 0.1) is 13.8 Å². The van der Waals surface area contributed by atoms with Crippen molar-refractivity contribution in [2.24, 2.45) is 0 Å². The number of sulfone groups is 1. The van der Waals surface area contributed by atoms with Crippen LogP contribution in [0.2, 0.25) is 0 Å². The van der Waals surface area contributed by atoms with Gasteiger partial charge in [-0.1, -0.05) is 18.2 Å². The predicted octanol–water partition coefficient (Wildman–Crippen LogP) is 1.95. The van der Waals surface area contributed by atoms with Crippen molar-refractivity contribution in [2.75, 3.05) is 6.26 Å². The average Bonchev–Trinajstić information content (AvgIpc) is 2.71. The molecule has 1 heterocycles. The lowest BCUT2D eigenvalue weighted by Gasteiger charge is -2.12. The molecule has 0 saturated heterocycles. The molecule has 18 heavy (non-hydrogen) atoms. The molecule has 0 aliphatic heterocycles. The number of imidazole rings is 1. The molecule has 0 atom stereocenters. The van der Waals surface area contributed by atoms with Crippen molar-refractivity contribution >= 4 is 9.84 Å². The SMILES string of the molecule is Cc1cccc(C)c1Cn1ccnc1S(C)(=O)=O. The lowest BCUT2D eigenvalue weighted by molar-refractivity contribution is 0.578. The van der Waals surface area contributed by atoms with Crippen molar-refractivity contribution in [1.29, 1.82) is 0 Å². The topological polar surface area (TPSA) is 52.0 Å². The van der Waals surface area contributed by atoms with Crippen molar-refractivity contribution in [3.05, 3.63) is 47.3 Å². The number of hydrogen-bond donors (Lipinski definition) is 0. The van der Waals surface area contributed by atoms with E-state index in [0.717, 1.165) is 16.7 Å². The second-order valence-corrected chi connectivity index (χ2v) is 6.39. The second kappa shape index (κ2) is 4.57. The van der Waals surface area contributed by atoms with Crippen LogP contribution in [-0.2, 0) is 16.4 Å². The highest BCUT2D eigenvalue weighted by Crippen LogP contribution is 2.17. The Hall–Kier alpha value is -1.62. The van der Waals surface area contributed by atoms with Gasteiger partial charge in [-0.25, -0.2) is 13.4 Å². The largest absolute Gasteiger partial charge is 0.318 e. The number of aromatic nitrogens is 2. The van der Waals surface area contributed by atoms with Gasteiger partial charge in [0.25, 0.3) is 0 Å². The maximum absolute atomic E-state index is 11.6. The Morgan fingerprint density at radius 2 is 1.83 bits per heavy atom. The van der Waals surface area contributed by atoms with Gasteiger partial charge in [0.15, 0.2) is 0 Å². The van der Waals surface area contributed by atoms with Gasteiger partial charge >= 0.3 is 0 Å². The minimum absolute atomic E-state index is 0.116. The van der Waals surface area contributed by atoms with E-state index in [1.165, 1.54) is 12.5 Å². The molecule has 0 aliphatic rings. The Bertz CT molecular complexity index is 652. The minimum Gasteiger partial charge on any atom is -0.318 e. The van der Waals surface area contributed by atoms with Crippen LogP contribution in [0.1, 0.15) is 16.7 Å². The lowest BCUT2D eigenvalue weighted by Crippen LogP contribution is -2.11. The van der Waals surface area contributed by atoms with E-state index in [1.807, 2.05) is 32.0 Å². The maximum atomic E-state index is 11.6. The van der Waals surface area contributed by atoms with Gasteiger partial charge in [0, 0.05) is 18.6 Å². The summed E-state index contributed by atoms with van der Waals surface area (Å²) in [6.07, 6.45) is 4.39. The summed E-state index contributed by atoms with van der Waals surface area (Å²) >= 11 is 0. The van der Waals surface area contributed by atoms with Crippen LogP contribution in [0.3, 0.4) is 0 Å². The Kier molecular flexibility index (Phi) is 3.26. The Balaban J connectivity index is 2.45. The number of benzene rings is 1. The summed E-state index contributed by atoms with van der Waals surface area (Å²) in [7, 11) is -3.28. The molecule has 4 nitrogen and oxygen atoms in total. The predicted molar refractivity (Wildman–Crippen MR) is 70.4 cm³/mol. The number of hydrogen-bond acceptors (Lipinski definition) is 3. The first-order valence-electron chi connectivity index (χ1n) is 5.66. The molecule has 2 rings (SSSR count). The van der Waals surface area contributed by atoms with E-state index in [4.69, 9.17) is 0 Å². The summed E-state index contributed by atoms with van der Waals surface area (Å²) < 4.78 is 24.9. The van der Waals surface area contributed by atoms with E-state index in [1.54, 1.807) is 10.8 Å². The molecule has 0 amide bonds. The normalized spacial score (nSPS) is 11.7. The third-order valence-corrected chi connectivity index (χ3v) is 3.99. The molecular formula is C13H16N2O2S. The second-order valence-electron chi connectivity index (χ2n) is 4.48. The summed E-state index contributed by atoms with van der Waals surface area (Å²) in [4.78, 5) is 3.92. The van der Waals surface area contributed by atoms with Crippen molar-refractivity contribution < 1.29 is 8.42 Å². The van der Waals surface area contributed by atoms with E-state index in [-0.39, 0.29) is 5.16 Å². The third-order valence-electron chi connectivity index (χ3n) is 2.98. The lowest BCUT2D eigenvalue weighted by atomic mass is 10.0. The maximum Gasteiger partial charge on any atom is 0.227 e. The van der Waals surface area contributed by atoms with Crippen LogP contribution in [0.5, 0.6) is 0 Å². The number of nitrogens with zero attached hydrogens (tertiary/aromatic N) is 2. The Labute approximate surface area is 107 Å². The summed E-state index contributed by atoms with van der Waals surface area (Å²) in [5, 5.41) is 0.116. The molecule has 0 fully saturated rings. The van der Waals surface area contributed by atoms with Gasteiger partial charge in [-0.3, -0.25) is 0 Å². The molecule has 96 valence electrons. The van der Waals surface area contributed by atoms with Crippen molar-refractivity contribution in [2.45, 2.75) is 25.5 Å². The molecule has 0 bridgehead atoms. The van der Waals surface area contributed by atoms with Crippen LogP contribution in [0.15, 0.2) is 35.7 Å². The van der Waals surface area contributed by atoms with E-state index in [9.17, 15) is 8.42 Å². The molecule has 1 aromatic heterocycles. The van der Waals surface area contributed by atoms with Gasteiger partial charge < -0.3 is 4.57 Å². The zero-order valence-electron chi connectivity index (χ0n) is 10.7. The first kappa shape index (κ1) is 12.8. The standard InChI is InChI=1S/C13H16N2O2S/c1-10-5-4-6-11(2)12(10)9-15-8-7-14-13(15)18(3,16)17/h4-8H,9H2,1-3H3. The van der Waals surface area contributed by atoms with Crippen molar-refractivity contribution in [3.63, 3.8) is 0 Å². The highest BCUT2D eigenvalue weighted by molar-refractivity contribution is 7.90. The van der Waals surface area contributed by atoms with Gasteiger partial charge in [0.1, 0.15) is 0 Å². The van der Waals surface area contributed by atoms with Crippen LogP contribution < -0.4 is 0 Å². The summed E-state index contributed by atoms with van der Waals surface area (Å²) in [5.74, 6) is 0. The minimum atomic E-state index is -3.28. The van der Waals surface area contributed by atoms with Crippen LogP contribution in [-0.4, -0.2) is 24.2 Å². The molecule has 2 aromatic rings. The van der Waals surface area contributed by atoms with Crippen molar-refractivity contribution in [1.82, 2.24) is 9.55 Å². The molecular weight excluding hydrogens is 248 g/mol. The van der Waals surface area contributed by atoms with Gasteiger partial charge in [-0.2, -0.15) is 0 Å². The number of rotatable bonds is 3.